The second kappa shape index (κ2) is 3.41. The lowest BCUT2D eigenvalue weighted by atomic mass is 9.88. The molecule has 1 aliphatic heterocycles. The number of hydrogen-bond donors (Lipinski definition) is 0. The molecule has 0 aromatic carbocycles. The molecule has 80 valence electrons. The Bertz CT molecular complexity index is 222. The van der Waals surface area contributed by atoms with Crippen LogP contribution >= 0.6 is 0 Å². The third kappa shape index (κ3) is 2.37. The van der Waals surface area contributed by atoms with Gasteiger partial charge < -0.3 is 4.90 Å². The zero-order chi connectivity index (χ0) is 11.0. The molecule has 2 nitrogen and oxygen atoms in total. The van der Waals surface area contributed by atoms with Crippen LogP contribution in [0.2, 0.25) is 0 Å². The van der Waals surface area contributed by atoms with Gasteiger partial charge in [0.25, 0.3) is 0 Å². The number of allylic oxidation sites excluding steroid dienone is 1. The van der Waals surface area contributed by atoms with Gasteiger partial charge in [0.15, 0.2) is 0 Å². The summed E-state index contributed by atoms with van der Waals surface area (Å²) < 4.78 is 0. The van der Waals surface area contributed by atoms with Crippen LogP contribution in [-0.4, -0.2) is 22.8 Å². The van der Waals surface area contributed by atoms with Gasteiger partial charge in [0.2, 0.25) is 0 Å². The minimum absolute atomic E-state index is 0.131. The van der Waals surface area contributed by atoms with Gasteiger partial charge in [-0.05, 0) is 26.8 Å². The van der Waals surface area contributed by atoms with Crippen LogP contribution in [0, 0.1) is 5.41 Å². The van der Waals surface area contributed by atoms with Crippen molar-refractivity contribution < 1.29 is 0 Å². The van der Waals surface area contributed by atoms with Crippen molar-refractivity contribution in [3.05, 3.63) is 12.3 Å². The van der Waals surface area contributed by atoms with Gasteiger partial charge >= 0.3 is 0 Å². The summed E-state index contributed by atoms with van der Waals surface area (Å²) in [6, 6.07) is 0. The zero-order valence-corrected chi connectivity index (χ0v) is 10.2. The van der Waals surface area contributed by atoms with Crippen LogP contribution in [0.15, 0.2) is 17.3 Å². The van der Waals surface area contributed by atoms with E-state index in [9.17, 15) is 0 Å². The van der Waals surface area contributed by atoms with Crippen LogP contribution in [0.3, 0.4) is 0 Å². The van der Waals surface area contributed by atoms with Crippen LogP contribution in [0.1, 0.15) is 41.5 Å². The Kier molecular flexibility index (Phi) is 2.75. The molecule has 1 atom stereocenters. The summed E-state index contributed by atoms with van der Waals surface area (Å²) in [6.07, 6.45) is 6.29. The summed E-state index contributed by atoms with van der Waals surface area (Å²) in [4.78, 5) is 6.89. The molecule has 1 unspecified atom stereocenters. The van der Waals surface area contributed by atoms with E-state index in [1.165, 1.54) is 0 Å². The number of aliphatic imine (C=N–C) groups is 1. The highest BCUT2D eigenvalue weighted by Crippen LogP contribution is 2.31. The lowest BCUT2D eigenvalue weighted by molar-refractivity contribution is 0.0736. The normalized spacial score (nSPS) is 23.0. The minimum atomic E-state index is 0.131. The fourth-order valence-electron chi connectivity index (χ4n) is 1.65. The lowest BCUT2D eigenvalue weighted by Gasteiger charge is -2.45. The Balaban J connectivity index is 2.94. The highest BCUT2D eigenvalue weighted by molar-refractivity contribution is 5.72. The molecule has 0 saturated carbocycles. The van der Waals surface area contributed by atoms with Crippen molar-refractivity contribution in [3.63, 3.8) is 0 Å². The van der Waals surface area contributed by atoms with Gasteiger partial charge in [-0.1, -0.05) is 20.8 Å². The van der Waals surface area contributed by atoms with Crippen molar-refractivity contribution in [2.75, 3.05) is 0 Å². The smallest absolute Gasteiger partial charge is 0.125 e. The summed E-state index contributed by atoms with van der Waals surface area (Å²) in [5.74, 6) is 0. The van der Waals surface area contributed by atoms with E-state index in [1.54, 1.807) is 0 Å². The predicted molar refractivity (Wildman–Crippen MR) is 62.5 cm³/mol. The second-order valence-electron chi connectivity index (χ2n) is 5.96. The maximum absolute atomic E-state index is 4.56. The standard InChI is InChI=1S/C12H22N2/c1-11(2,3)10-13-8-7-9-14(10)12(4,5)6/h7-10H,1-6H3. The molecule has 2 heteroatoms. The van der Waals surface area contributed by atoms with Gasteiger partial charge in [0, 0.05) is 23.4 Å². The molecule has 0 fully saturated rings. The lowest BCUT2D eigenvalue weighted by Crippen LogP contribution is -2.50. The Labute approximate surface area is 87.7 Å². The Morgan fingerprint density at radius 2 is 1.64 bits per heavy atom. The van der Waals surface area contributed by atoms with E-state index in [4.69, 9.17) is 0 Å². The molecule has 0 radical (unpaired) electrons. The Morgan fingerprint density at radius 3 is 2.00 bits per heavy atom. The third-order valence-electron chi connectivity index (χ3n) is 2.37. The summed E-state index contributed by atoms with van der Waals surface area (Å²) >= 11 is 0. The number of nitrogens with zero attached hydrogens (tertiary/aromatic N) is 2. The monoisotopic (exact) mass is 194 g/mol. The third-order valence-corrected chi connectivity index (χ3v) is 2.37. The summed E-state index contributed by atoms with van der Waals surface area (Å²) in [7, 11) is 0. The molecule has 0 aliphatic carbocycles. The maximum atomic E-state index is 4.56. The first-order valence-electron chi connectivity index (χ1n) is 5.21. The quantitative estimate of drug-likeness (QED) is 0.578. The van der Waals surface area contributed by atoms with E-state index < -0.39 is 0 Å². The van der Waals surface area contributed by atoms with Gasteiger partial charge in [0.05, 0.1) is 0 Å². The first kappa shape index (κ1) is 11.3. The van der Waals surface area contributed by atoms with E-state index in [1.807, 2.05) is 12.3 Å². The van der Waals surface area contributed by atoms with Crippen molar-refractivity contribution in [2.24, 2.45) is 10.4 Å². The van der Waals surface area contributed by atoms with Crippen molar-refractivity contribution >= 4 is 6.21 Å². The van der Waals surface area contributed by atoms with Gasteiger partial charge in [-0.2, -0.15) is 0 Å². The van der Waals surface area contributed by atoms with E-state index >= 15 is 0 Å². The SMILES string of the molecule is CC(C)(C)C1N=CC=CN1C(C)(C)C. The fourth-order valence-corrected chi connectivity index (χ4v) is 1.65. The molecule has 14 heavy (non-hydrogen) atoms. The second-order valence-corrected chi connectivity index (χ2v) is 5.96. The average Bonchev–Trinajstić information content (AvgIpc) is 2.01. The van der Waals surface area contributed by atoms with Crippen LogP contribution in [0.5, 0.6) is 0 Å². The van der Waals surface area contributed by atoms with E-state index in [0.717, 1.165) is 0 Å². The van der Waals surface area contributed by atoms with Gasteiger partial charge in [-0.25, -0.2) is 0 Å². The van der Waals surface area contributed by atoms with Crippen LogP contribution in [0.25, 0.3) is 0 Å². The summed E-state index contributed by atoms with van der Waals surface area (Å²) in [5, 5.41) is 0. The van der Waals surface area contributed by atoms with Crippen LogP contribution in [-0.2, 0) is 0 Å². The molecule has 1 aliphatic rings. The Morgan fingerprint density at radius 1 is 1.07 bits per heavy atom. The summed E-state index contributed by atoms with van der Waals surface area (Å²) in [5.41, 5.74) is 0.306. The molecule has 0 spiro atoms. The Hall–Kier alpha value is -0.790. The predicted octanol–water partition coefficient (Wildman–Crippen LogP) is 3.06. The van der Waals surface area contributed by atoms with Crippen molar-refractivity contribution in [1.82, 2.24) is 4.90 Å². The van der Waals surface area contributed by atoms with Crippen molar-refractivity contribution in [1.29, 1.82) is 0 Å². The zero-order valence-electron chi connectivity index (χ0n) is 10.2. The minimum Gasteiger partial charge on any atom is -0.351 e. The van der Waals surface area contributed by atoms with Gasteiger partial charge in [-0.3, -0.25) is 4.99 Å². The highest BCUT2D eigenvalue weighted by Gasteiger charge is 2.34. The van der Waals surface area contributed by atoms with Crippen molar-refractivity contribution in [2.45, 2.75) is 53.2 Å². The van der Waals surface area contributed by atoms with Gasteiger partial charge in [0.1, 0.15) is 6.17 Å². The molecule has 0 bridgehead atoms. The summed E-state index contributed by atoms with van der Waals surface area (Å²) in [6.45, 7) is 13.3. The number of rotatable bonds is 0. The molecule has 0 N–H and O–H groups in total. The molecular formula is C12H22N2. The largest absolute Gasteiger partial charge is 0.351 e. The maximum Gasteiger partial charge on any atom is 0.125 e. The molecule has 0 aromatic rings. The van der Waals surface area contributed by atoms with Gasteiger partial charge in [-0.15, -0.1) is 0 Å². The van der Waals surface area contributed by atoms with Crippen molar-refractivity contribution in [3.8, 4) is 0 Å². The molecule has 0 amide bonds. The average molecular weight is 194 g/mol. The molecule has 0 aromatic heterocycles. The number of hydrogen-bond acceptors (Lipinski definition) is 2. The molecule has 1 rings (SSSR count). The van der Waals surface area contributed by atoms with Crippen LogP contribution < -0.4 is 0 Å². The molecular weight excluding hydrogens is 172 g/mol. The first-order chi connectivity index (χ1) is 6.23. The highest BCUT2D eigenvalue weighted by atomic mass is 15.3. The van der Waals surface area contributed by atoms with E-state index in [0.29, 0.717) is 0 Å². The van der Waals surface area contributed by atoms with E-state index in [-0.39, 0.29) is 17.1 Å². The molecule has 0 saturated heterocycles. The van der Waals surface area contributed by atoms with Crippen LogP contribution in [0.4, 0.5) is 0 Å². The first-order valence-corrected chi connectivity index (χ1v) is 5.21. The van der Waals surface area contributed by atoms with E-state index in [2.05, 4.69) is 57.6 Å². The molecule has 1 heterocycles. The fraction of sp³-hybridized carbons (Fsp3) is 0.750. The topological polar surface area (TPSA) is 15.6 Å².